The molecule has 0 unspecified atom stereocenters. The summed E-state index contributed by atoms with van der Waals surface area (Å²) >= 11 is 19.2. The van der Waals surface area contributed by atoms with Crippen molar-refractivity contribution >= 4 is 79.1 Å². The molecule has 0 radical (unpaired) electrons. The summed E-state index contributed by atoms with van der Waals surface area (Å²) in [4.78, 5) is 26.3. The second-order valence-corrected chi connectivity index (χ2v) is 10.2. The minimum atomic E-state index is -3.91. The van der Waals surface area contributed by atoms with E-state index >= 15 is 0 Å². The van der Waals surface area contributed by atoms with Gasteiger partial charge >= 0.3 is 0 Å². The number of carbonyl (C=O) groups excluding carboxylic acids is 2. The van der Waals surface area contributed by atoms with E-state index in [0.29, 0.717) is 22.3 Å². The van der Waals surface area contributed by atoms with Crippen LogP contribution in [0.2, 0.25) is 15.1 Å². The first kappa shape index (κ1) is 23.2. The molecule has 30 heavy (non-hydrogen) atoms. The number of primary sulfonamides is 1. The van der Waals surface area contributed by atoms with Crippen molar-refractivity contribution in [1.29, 1.82) is 0 Å². The van der Waals surface area contributed by atoms with Gasteiger partial charge in [0.1, 0.15) is 0 Å². The molecule has 2 amide bonds. The van der Waals surface area contributed by atoms with E-state index in [-0.39, 0.29) is 26.6 Å². The summed E-state index contributed by atoms with van der Waals surface area (Å²) in [6, 6.07) is 7.07. The number of hydrogen-bond donors (Lipinski definition) is 2. The van der Waals surface area contributed by atoms with E-state index in [9.17, 15) is 18.0 Å². The lowest BCUT2D eigenvalue weighted by Crippen LogP contribution is -2.33. The Morgan fingerprint density at radius 3 is 2.53 bits per heavy atom. The molecule has 2 aromatic rings. The van der Waals surface area contributed by atoms with Crippen LogP contribution < -0.4 is 15.4 Å². The van der Waals surface area contributed by atoms with Gasteiger partial charge in [-0.05, 0) is 48.7 Å². The van der Waals surface area contributed by atoms with Crippen LogP contribution in [-0.4, -0.2) is 31.9 Å². The molecule has 0 aromatic heterocycles. The smallest absolute Gasteiger partial charge is 0.286 e. The maximum Gasteiger partial charge on any atom is 0.286 e. The summed E-state index contributed by atoms with van der Waals surface area (Å²) < 4.78 is 22.7. The van der Waals surface area contributed by atoms with Crippen molar-refractivity contribution in [2.75, 3.05) is 22.5 Å². The van der Waals surface area contributed by atoms with Gasteiger partial charge < -0.3 is 10.2 Å². The lowest BCUT2D eigenvalue weighted by molar-refractivity contribution is -0.113. The predicted molar refractivity (Wildman–Crippen MR) is 121 cm³/mol. The monoisotopic (exact) mass is 507 g/mol. The van der Waals surface area contributed by atoms with Crippen molar-refractivity contribution in [2.24, 2.45) is 5.14 Å². The van der Waals surface area contributed by atoms with Crippen LogP contribution in [0.3, 0.4) is 0 Å². The average molecular weight is 509 g/mol. The number of rotatable bonds is 4. The highest BCUT2D eigenvalue weighted by atomic mass is 35.5. The molecule has 3 N–H and O–H groups in total. The minimum Gasteiger partial charge on any atom is -0.324 e. The van der Waals surface area contributed by atoms with Crippen LogP contribution in [0.5, 0.6) is 0 Å². The molecule has 0 fully saturated rings. The van der Waals surface area contributed by atoms with Gasteiger partial charge in [-0.2, -0.15) is 0 Å². The number of carbonyl (C=O) groups is 2. The third kappa shape index (κ3) is 5.40. The second kappa shape index (κ2) is 9.33. The standard InChI is InChI=1S/C18H16Cl3N3O4S2/c19-11-6-10-2-1-5-24(17(10)14(21)7-11)18(26)29-9-16(25)23-15-4-3-12(8-13(15)20)30(22,27)28/h3-4,6-8H,1-2,5,9H2,(H,23,25)(H2,22,27,28). The van der Waals surface area contributed by atoms with Crippen LogP contribution >= 0.6 is 46.6 Å². The molecule has 0 aliphatic carbocycles. The zero-order chi connectivity index (χ0) is 22.1. The maximum atomic E-state index is 12.7. The van der Waals surface area contributed by atoms with Gasteiger partial charge in [0.25, 0.3) is 5.24 Å². The Kier molecular flexibility index (Phi) is 7.21. The third-order valence-corrected chi connectivity index (χ3v) is 6.90. The van der Waals surface area contributed by atoms with E-state index in [1.165, 1.54) is 12.1 Å². The number of hydrogen-bond acceptors (Lipinski definition) is 5. The van der Waals surface area contributed by atoms with E-state index in [0.717, 1.165) is 36.2 Å². The lowest BCUT2D eigenvalue weighted by Gasteiger charge is -2.30. The summed E-state index contributed by atoms with van der Waals surface area (Å²) in [5, 5.41) is 8.18. The van der Waals surface area contributed by atoms with E-state index in [4.69, 9.17) is 39.9 Å². The van der Waals surface area contributed by atoms with Crippen LogP contribution in [0.1, 0.15) is 12.0 Å². The fourth-order valence-corrected chi connectivity index (χ4v) is 5.13. The molecular weight excluding hydrogens is 493 g/mol. The molecule has 1 heterocycles. The number of halogens is 3. The summed E-state index contributed by atoms with van der Waals surface area (Å²) in [5.41, 5.74) is 1.72. The quantitative estimate of drug-likeness (QED) is 0.630. The SMILES string of the molecule is NS(=O)(=O)c1ccc(NC(=O)CSC(=O)N2CCCc3cc(Cl)cc(Cl)c32)c(Cl)c1. The summed E-state index contributed by atoms with van der Waals surface area (Å²) in [6.07, 6.45) is 1.52. The predicted octanol–water partition coefficient (Wildman–Crippen LogP) is 4.54. The van der Waals surface area contributed by atoms with Crippen LogP contribution in [0.4, 0.5) is 16.2 Å². The number of benzene rings is 2. The second-order valence-electron chi connectivity index (χ2n) is 6.44. The van der Waals surface area contributed by atoms with Crippen LogP contribution in [-0.2, 0) is 21.2 Å². The number of anilines is 2. The zero-order valence-electron chi connectivity index (χ0n) is 15.3. The highest BCUT2D eigenvalue weighted by Gasteiger charge is 2.26. The van der Waals surface area contributed by atoms with Gasteiger partial charge in [-0.3, -0.25) is 9.59 Å². The Bertz CT molecular complexity index is 1130. The first-order valence-corrected chi connectivity index (χ1v) is 12.3. The summed E-state index contributed by atoms with van der Waals surface area (Å²) in [7, 11) is -3.91. The van der Waals surface area contributed by atoms with E-state index in [2.05, 4.69) is 5.32 Å². The van der Waals surface area contributed by atoms with Gasteiger partial charge in [-0.15, -0.1) is 0 Å². The molecule has 2 aromatic carbocycles. The largest absolute Gasteiger partial charge is 0.324 e. The molecule has 0 bridgehead atoms. The Labute approximate surface area is 192 Å². The van der Waals surface area contributed by atoms with Crippen molar-refractivity contribution in [3.05, 3.63) is 51.0 Å². The Hall–Kier alpha value is -1.49. The molecule has 0 saturated carbocycles. The van der Waals surface area contributed by atoms with Gasteiger partial charge in [-0.1, -0.05) is 46.6 Å². The number of nitrogens with zero attached hydrogens (tertiary/aromatic N) is 1. The normalized spacial score (nSPS) is 13.7. The van der Waals surface area contributed by atoms with Gasteiger partial charge in [0.05, 0.1) is 32.1 Å². The highest BCUT2D eigenvalue weighted by molar-refractivity contribution is 8.14. The highest BCUT2D eigenvalue weighted by Crippen LogP contribution is 2.38. The van der Waals surface area contributed by atoms with Gasteiger partial charge in [-0.25, -0.2) is 13.6 Å². The first-order valence-electron chi connectivity index (χ1n) is 8.60. The molecule has 1 aliphatic heterocycles. The van der Waals surface area contributed by atoms with Gasteiger partial charge in [0, 0.05) is 11.6 Å². The maximum absolute atomic E-state index is 12.7. The topological polar surface area (TPSA) is 110 Å². The molecule has 3 rings (SSSR count). The van der Waals surface area contributed by atoms with Crippen LogP contribution in [0.15, 0.2) is 35.2 Å². The first-order chi connectivity index (χ1) is 14.1. The Balaban J connectivity index is 1.65. The molecule has 160 valence electrons. The number of fused-ring (bicyclic) bond motifs is 1. The molecule has 0 atom stereocenters. The molecular formula is C18H16Cl3N3O4S2. The van der Waals surface area contributed by atoms with Crippen LogP contribution in [0, 0.1) is 0 Å². The van der Waals surface area contributed by atoms with E-state index in [1.54, 1.807) is 17.0 Å². The third-order valence-electron chi connectivity index (χ3n) is 4.30. The average Bonchev–Trinajstić information content (AvgIpc) is 2.66. The fraction of sp³-hybridized carbons (Fsp3) is 0.222. The lowest BCUT2D eigenvalue weighted by atomic mass is 10.0. The van der Waals surface area contributed by atoms with Crippen molar-refractivity contribution in [2.45, 2.75) is 17.7 Å². The minimum absolute atomic E-state index is 0.0137. The number of aryl methyl sites for hydroxylation is 1. The number of nitrogens with one attached hydrogen (secondary N) is 1. The van der Waals surface area contributed by atoms with E-state index < -0.39 is 15.9 Å². The molecule has 0 spiro atoms. The summed E-state index contributed by atoms with van der Waals surface area (Å²) in [5.74, 6) is -0.638. The molecule has 0 saturated heterocycles. The number of thioether (sulfide) groups is 1. The number of sulfonamides is 1. The fourth-order valence-electron chi connectivity index (χ4n) is 3.00. The zero-order valence-corrected chi connectivity index (χ0v) is 19.2. The van der Waals surface area contributed by atoms with Crippen molar-refractivity contribution in [1.82, 2.24) is 0 Å². The Morgan fingerprint density at radius 1 is 1.13 bits per heavy atom. The van der Waals surface area contributed by atoms with Crippen molar-refractivity contribution in [3.63, 3.8) is 0 Å². The summed E-state index contributed by atoms with van der Waals surface area (Å²) in [6.45, 7) is 0.489. The molecule has 7 nitrogen and oxygen atoms in total. The van der Waals surface area contributed by atoms with Crippen molar-refractivity contribution in [3.8, 4) is 0 Å². The van der Waals surface area contributed by atoms with Gasteiger partial charge in [0.15, 0.2) is 0 Å². The number of amides is 2. The van der Waals surface area contributed by atoms with Gasteiger partial charge in [0.2, 0.25) is 15.9 Å². The van der Waals surface area contributed by atoms with Crippen LogP contribution in [0.25, 0.3) is 0 Å². The molecule has 12 heteroatoms. The number of nitrogens with two attached hydrogens (primary N) is 1. The Morgan fingerprint density at radius 2 is 1.87 bits per heavy atom. The van der Waals surface area contributed by atoms with Crippen molar-refractivity contribution < 1.29 is 18.0 Å². The molecule has 1 aliphatic rings. The van der Waals surface area contributed by atoms with E-state index in [1.807, 2.05) is 0 Å².